The summed E-state index contributed by atoms with van der Waals surface area (Å²) in [6.07, 6.45) is 0. The van der Waals surface area contributed by atoms with Crippen LogP contribution >= 0.6 is 34.3 Å². The molecule has 0 saturated carbocycles. The van der Waals surface area contributed by atoms with E-state index in [2.05, 4.69) is 5.32 Å². The highest BCUT2D eigenvalue weighted by molar-refractivity contribution is 7.15. The molecule has 0 unspecified atom stereocenters. The second kappa shape index (κ2) is 6.54. The van der Waals surface area contributed by atoms with Crippen molar-refractivity contribution >= 4 is 51.2 Å². The highest BCUT2D eigenvalue weighted by Crippen LogP contribution is 2.36. The monoisotopic (exact) mass is 363 g/mol. The van der Waals surface area contributed by atoms with Gasteiger partial charge >= 0.3 is 5.97 Å². The van der Waals surface area contributed by atoms with Crippen molar-refractivity contribution in [2.24, 2.45) is 0 Å². The molecule has 1 amide bonds. The third-order valence-electron chi connectivity index (χ3n) is 3.17. The fraction of sp³-hybridized carbons (Fsp3) is 0. The molecule has 2 heterocycles. The highest BCUT2D eigenvalue weighted by atomic mass is 35.5. The molecular weight excluding hydrogens is 354 g/mol. The minimum Gasteiger partial charge on any atom is -0.478 e. The molecule has 0 bridgehead atoms. The summed E-state index contributed by atoms with van der Waals surface area (Å²) in [5, 5.41) is 18.3. The summed E-state index contributed by atoms with van der Waals surface area (Å²) in [5.41, 5.74) is 1.88. The third kappa shape index (κ3) is 3.29. The molecule has 0 radical (unpaired) electrons. The molecule has 7 heteroatoms. The standard InChI is InChI=1S/C16H10ClNO3S2/c17-11-3-1-9(2-4-11)12-8-23-15(13(12)16(20)21)18-14(19)10-5-6-22-7-10/h1-8H,(H,18,19)(H,20,21). The molecule has 0 saturated heterocycles. The van der Waals surface area contributed by atoms with Gasteiger partial charge in [-0.05, 0) is 29.1 Å². The summed E-state index contributed by atoms with van der Waals surface area (Å²) in [6, 6.07) is 8.59. The van der Waals surface area contributed by atoms with E-state index in [4.69, 9.17) is 11.6 Å². The van der Waals surface area contributed by atoms with Gasteiger partial charge in [-0.3, -0.25) is 4.79 Å². The van der Waals surface area contributed by atoms with Gasteiger partial charge in [-0.25, -0.2) is 4.79 Å². The molecule has 0 aliphatic heterocycles. The summed E-state index contributed by atoms with van der Waals surface area (Å²) < 4.78 is 0. The zero-order valence-electron chi connectivity index (χ0n) is 11.6. The number of anilines is 1. The summed E-state index contributed by atoms with van der Waals surface area (Å²) in [5.74, 6) is -1.41. The topological polar surface area (TPSA) is 66.4 Å². The van der Waals surface area contributed by atoms with Gasteiger partial charge in [0.2, 0.25) is 0 Å². The van der Waals surface area contributed by atoms with Crippen LogP contribution in [0.3, 0.4) is 0 Å². The molecule has 2 aromatic heterocycles. The van der Waals surface area contributed by atoms with Crippen LogP contribution in [-0.2, 0) is 0 Å². The smallest absolute Gasteiger partial charge is 0.339 e. The lowest BCUT2D eigenvalue weighted by Crippen LogP contribution is -2.12. The van der Waals surface area contributed by atoms with Crippen molar-refractivity contribution in [3.05, 3.63) is 62.6 Å². The average molecular weight is 364 g/mol. The van der Waals surface area contributed by atoms with Crippen LogP contribution in [0.25, 0.3) is 11.1 Å². The Kier molecular flexibility index (Phi) is 4.47. The second-order valence-electron chi connectivity index (χ2n) is 4.63. The number of carboxylic acid groups (broad SMARTS) is 1. The lowest BCUT2D eigenvalue weighted by molar-refractivity contribution is 0.0699. The molecule has 0 spiro atoms. The fourth-order valence-corrected chi connectivity index (χ4v) is 3.79. The first kappa shape index (κ1) is 15.7. The lowest BCUT2D eigenvalue weighted by Gasteiger charge is -2.05. The molecule has 1 aromatic carbocycles. The minimum atomic E-state index is -1.09. The first-order valence-corrected chi connectivity index (χ1v) is 8.70. The number of aromatic carboxylic acids is 1. The third-order valence-corrected chi connectivity index (χ3v) is 5.00. The van der Waals surface area contributed by atoms with Gasteiger partial charge in [-0.2, -0.15) is 11.3 Å². The molecule has 3 aromatic rings. The predicted molar refractivity (Wildman–Crippen MR) is 94.0 cm³/mol. The van der Waals surface area contributed by atoms with E-state index in [0.717, 1.165) is 5.56 Å². The summed E-state index contributed by atoms with van der Waals surface area (Å²) >= 11 is 8.46. The summed E-state index contributed by atoms with van der Waals surface area (Å²) in [6.45, 7) is 0. The molecule has 0 fully saturated rings. The number of nitrogens with one attached hydrogen (secondary N) is 1. The number of amides is 1. The molecule has 0 aliphatic carbocycles. The largest absolute Gasteiger partial charge is 0.478 e. The van der Waals surface area contributed by atoms with Crippen LogP contribution in [0.1, 0.15) is 20.7 Å². The Morgan fingerprint density at radius 2 is 1.83 bits per heavy atom. The van der Waals surface area contributed by atoms with Crippen LogP contribution in [-0.4, -0.2) is 17.0 Å². The van der Waals surface area contributed by atoms with Crippen LogP contribution in [0.5, 0.6) is 0 Å². The number of rotatable bonds is 4. The molecule has 116 valence electrons. The maximum absolute atomic E-state index is 12.1. The van der Waals surface area contributed by atoms with Crippen molar-refractivity contribution in [3.8, 4) is 11.1 Å². The van der Waals surface area contributed by atoms with Crippen molar-refractivity contribution in [3.63, 3.8) is 0 Å². The number of thiophene rings is 2. The normalized spacial score (nSPS) is 10.5. The van der Waals surface area contributed by atoms with Gasteiger partial charge < -0.3 is 10.4 Å². The van der Waals surface area contributed by atoms with Gasteiger partial charge in [0.05, 0.1) is 5.56 Å². The molecular formula is C16H10ClNO3S2. The predicted octanol–water partition coefficient (Wildman–Crippen LogP) is 5.08. The van der Waals surface area contributed by atoms with E-state index in [1.54, 1.807) is 46.5 Å². The second-order valence-corrected chi connectivity index (χ2v) is 6.73. The van der Waals surface area contributed by atoms with E-state index in [1.165, 1.54) is 22.7 Å². The van der Waals surface area contributed by atoms with Gasteiger partial charge in [-0.1, -0.05) is 23.7 Å². The Bertz CT molecular complexity index is 854. The Labute approximate surface area is 145 Å². The van der Waals surface area contributed by atoms with E-state index in [9.17, 15) is 14.7 Å². The molecule has 3 rings (SSSR count). The van der Waals surface area contributed by atoms with Gasteiger partial charge in [0.1, 0.15) is 10.6 Å². The van der Waals surface area contributed by atoms with Crippen LogP contribution < -0.4 is 5.32 Å². The van der Waals surface area contributed by atoms with Gasteiger partial charge in [0.15, 0.2) is 0 Å². The number of benzene rings is 1. The fourth-order valence-electron chi connectivity index (χ4n) is 2.07. The first-order chi connectivity index (χ1) is 11.1. The Morgan fingerprint density at radius 3 is 2.43 bits per heavy atom. The quantitative estimate of drug-likeness (QED) is 0.679. The minimum absolute atomic E-state index is 0.0842. The maximum atomic E-state index is 12.1. The maximum Gasteiger partial charge on any atom is 0.339 e. The SMILES string of the molecule is O=C(Nc1scc(-c2ccc(Cl)cc2)c1C(=O)O)c1ccsc1. The zero-order valence-corrected chi connectivity index (χ0v) is 14.0. The molecule has 23 heavy (non-hydrogen) atoms. The molecule has 2 N–H and O–H groups in total. The first-order valence-electron chi connectivity index (χ1n) is 6.50. The van der Waals surface area contributed by atoms with Crippen molar-refractivity contribution < 1.29 is 14.7 Å². The zero-order chi connectivity index (χ0) is 16.4. The summed E-state index contributed by atoms with van der Waals surface area (Å²) in [7, 11) is 0. The van der Waals surface area contributed by atoms with Gasteiger partial charge in [0.25, 0.3) is 5.91 Å². The van der Waals surface area contributed by atoms with Crippen LogP contribution in [0.15, 0.2) is 46.5 Å². The number of hydrogen-bond acceptors (Lipinski definition) is 4. The van der Waals surface area contributed by atoms with Crippen molar-refractivity contribution in [1.29, 1.82) is 0 Å². The number of carbonyl (C=O) groups excluding carboxylic acids is 1. The van der Waals surface area contributed by atoms with E-state index in [-0.39, 0.29) is 11.5 Å². The highest BCUT2D eigenvalue weighted by Gasteiger charge is 2.21. The molecule has 4 nitrogen and oxygen atoms in total. The van der Waals surface area contributed by atoms with Crippen LogP contribution in [0.4, 0.5) is 5.00 Å². The van der Waals surface area contributed by atoms with Crippen molar-refractivity contribution in [1.82, 2.24) is 0 Å². The van der Waals surface area contributed by atoms with E-state index in [0.29, 0.717) is 21.2 Å². The number of carbonyl (C=O) groups is 2. The number of halogens is 1. The van der Waals surface area contributed by atoms with Gasteiger partial charge in [-0.15, -0.1) is 11.3 Å². The van der Waals surface area contributed by atoms with E-state index < -0.39 is 5.97 Å². The van der Waals surface area contributed by atoms with Gasteiger partial charge in [0, 0.05) is 21.3 Å². The lowest BCUT2D eigenvalue weighted by atomic mass is 10.0. The number of carboxylic acids is 1. The van der Waals surface area contributed by atoms with Crippen molar-refractivity contribution in [2.75, 3.05) is 5.32 Å². The van der Waals surface area contributed by atoms with E-state index >= 15 is 0 Å². The Balaban J connectivity index is 1.97. The van der Waals surface area contributed by atoms with Crippen LogP contribution in [0, 0.1) is 0 Å². The van der Waals surface area contributed by atoms with Crippen LogP contribution in [0.2, 0.25) is 5.02 Å². The average Bonchev–Trinajstić information content (AvgIpc) is 3.17. The summed E-state index contributed by atoms with van der Waals surface area (Å²) in [4.78, 5) is 23.8. The number of hydrogen-bond donors (Lipinski definition) is 2. The Morgan fingerprint density at radius 1 is 1.09 bits per heavy atom. The molecule has 0 aliphatic rings. The van der Waals surface area contributed by atoms with E-state index in [1.807, 2.05) is 0 Å². The van der Waals surface area contributed by atoms with Crippen molar-refractivity contribution in [2.45, 2.75) is 0 Å². The molecule has 0 atom stereocenters. The Hall–Kier alpha value is -2.15.